The molecule has 2 aromatic rings. The summed E-state index contributed by atoms with van der Waals surface area (Å²) >= 11 is 0. The summed E-state index contributed by atoms with van der Waals surface area (Å²) in [5, 5.41) is 9.33. The summed E-state index contributed by atoms with van der Waals surface area (Å²) < 4.78 is 51.8. The fourth-order valence-corrected chi connectivity index (χ4v) is 4.37. The van der Waals surface area contributed by atoms with Crippen molar-refractivity contribution in [2.75, 3.05) is 6.54 Å². The molecule has 0 saturated carbocycles. The van der Waals surface area contributed by atoms with Gasteiger partial charge in [0.15, 0.2) is 0 Å². The lowest BCUT2D eigenvalue weighted by Crippen LogP contribution is -2.28. The fourth-order valence-electron chi connectivity index (χ4n) is 2.44. The summed E-state index contributed by atoms with van der Waals surface area (Å²) in [5.41, 5.74) is 0.891. The average Bonchev–Trinajstić information content (AvgIpc) is 2.90. The molecule has 0 aliphatic carbocycles. The van der Waals surface area contributed by atoms with Crippen molar-refractivity contribution in [1.29, 1.82) is 0 Å². The van der Waals surface area contributed by atoms with E-state index in [4.69, 9.17) is 5.14 Å². The van der Waals surface area contributed by atoms with Gasteiger partial charge in [-0.1, -0.05) is 32.9 Å². The van der Waals surface area contributed by atoms with Gasteiger partial charge in [0.05, 0.1) is 10.6 Å². The van der Waals surface area contributed by atoms with Crippen molar-refractivity contribution in [3.63, 3.8) is 0 Å². The van der Waals surface area contributed by atoms with Crippen LogP contribution < -0.4 is 9.86 Å². The molecule has 0 spiro atoms. The third-order valence-electron chi connectivity index (χ3n) is 3.75. The number of nitrogens with zero attached hydrogens (tertiary/aromatic N) is 2. The van der Waals surface area contributed by atoms with Crippen molar-refractivity contribution in [2.45, 2.75) is 42.4 Å². The van der Waals surface area contributed by atoms with Gasteiger partial charge in [-0.2, -0.15) is 5.10 Å². The zero-order valence-electron chi connectivity index (χ0n) is 15.2. The van der Waals surface area contributed by atoms with Gasteiger partial charge in [-0.3, -0.25) is 4.68 Å². The topological polar surface area (TPSA) is 124 Å². The maximum Gasteiger partial charge on any atom is 0.244 e. The van der Waals surface area contributed by atoms with Gasteiger partial charge in [-0.25, -0.2) is 26.7 Å². The van der Waals surface area contributed by atoms with E-state index in [9.17, 15) is 16.8 Å². The van der Waals surface area contributed by atoms with Crippen molar-refractivity contribution in [2.24, 2.45) is 12.2 Å². The molecule has 0 saturated heterocycles. The number of nitrogens with two attached hydrogens (primary N) is 1. The van der Waals surface area contributed by atoms with Crippen LogP contribution in [0.2, 0.25) is 0 Å². The summed E-state index contributed by atoms with van der Waals surface area (Å²) in [5.74, 6) is 0. The van der Waals surface area contributed by atoms with E-state index in [1.807, 2.05) is 20.8 Å². The van der Waals surface area contributed by atoms with Gasteiger partial charge in [-0.05, 0) is 24.1 Å². The molecule has 0 fully saturated rings. The predicted octanol–water partition coefficient (Wildman–Crippen LogP) is 0.886. The highest BCUT2D eigenvalue weighted by Crippen LogP contribution is 2.27. The van der Waals surface area contributed by atoms with Gasteiger partial charge < -0.3 is 0 Å². The van der Waals surface area contributed by atoms with Crippen molar-refractivity contribution in [3.05, 3.63) is 41.7 Å². The highest BCUT2D eigenvalue weighted by molar-refractivity contribution is 7.89. The van der Waals surface area contributed by atoms with Crippen LogP contribution in [0.1, 0.15) is 32.0 Å². The van der Waals surface area contributed by atoms with E-state index in [1.165, 1.54) is 23.0 Å². The van der Waals surface area contributed by atoms with Crippen LogP contribution in [0, 0.1) is 0 Å². The van der Waals surface area contributed by atoms with E-state index in [1.54, 1.807) is 19.2 Å². The van der Waals surface area contributed by atoms with Crippen LogP contribution in [-0.4, -0.2) is 33.2 Å². The number of aromatic nitrogens is 2. The first-order valence-electron chi connectivity index (χ1n) is 7.96. The molecule has 0 unspecified atom stereocenters. The van der Waals surface area contributed by atoms with Crippen LogP contribution in [0.25, 0.3) is 0 Å². The Hall–Kier alpha value is -1.75. The number of hydrogen-bond donors (Lipinski definition) is 2. The number of rotatable bonds is 6. The summed E-state index contributed by atoms with van der Waals surface area (Å²) in [6.07, 6.45) is 1.90. The Labute approximate surface area is 154 Å². The van der Waals surface area contributed by atoms with Crippen LogP contribution in [0.4, 0.5) is 0 Å². The van der Waals surface area contributed by atoms with Gasteiger partial charge in [0.1, 0.15) is 4.90 Å². The summed E-state index contributed by atoms with van der Waals surface area (Å²) in [6, 6.07) is 6.02. The van der Waals surface area contributed by atoms with E-state index in [-0.39, 0.29) is 16.3 Å². The van der Waals surface area contributed by atoms with Crippen LogP contribution in [0.15, 0.2) is 40.3 Å². The first-order chi connectivity index (χ1) is 11.8. The van der Waals surface area contributed by atoms with E-state index in [2.05, 4.69) is 9.82 Å². The quantitative estimate of drug-likeness (QED) is 0.745. The Morgan fingerprint density at radius 3 is 2.19 bits per heavy atom. The first-order valence-corrected chi connectivity index (χ1v) is 11.0. The minimum atomic E-state index is -3.74. The monoisotopic (exact) mass is 400 g/mol. The largest absolute Gasteiger partial charge is 0.274 e. The lowest BCUT2D eigenvalue weighted by molar-refractivity contribution is 0.535. The first kappa shape index (κ1) is 20.6. The molecule has 26 heavy (non-hydrogen) atoms. The van der Waals surface area contributed by atoms with Gasteiger partial charge in [0, 0.05) is 25.2 Å². The molecule has 10 heteroatoms. The molecule has 0 aliphatic rings. The van der Waals surface area contributed by atoms with E-state index in [0.717, 1.165) is 5.56 Å². The Morgan fingerprint density at radius 2 is 1.69 bits per heavy atom. The smallest absolute Gasteiger partial charge is 0.244 e. The zero-order chi connectivity index (χ0) is 19.8. The summed E-state index contributed by atoms with van der Waals surface area (Å²) in [6.45, 7) is 5.89. The van der Waals surface area contributed by atoms with Gasteiger partial charge in [-0.15, -0.1) is 0 Å². The SMILES string of the molecule is Cn1cc(S(=O)(=O)NCCc2ccc(S(N)(=O)=O)cc2)c(C(C)(C)C)n1. The molecule has 0 bridgehead atoms. The molecule has 0 atom stereocenters. The summed E-state index contributed by atoms with van der Waals surface area (Å²) in [4.78, 5) is 0.184. The number of primary sulfonamides is 1. The highest BCUT2D eigenvalue weighted by Gasteiger charge is 2.29. The third kappa shape index (κ3) is 4.91. The molecule has 0 amide bonds. The Bertz CT molecular complexity index is 986. The third-order valence-corrected chi connectivity index (χ3v) is 6.14. The second-order valence-electron chi connectivity index (χ2n) is 7.10. The van der Waals surface area contributed by atoms with E-state index >= 15 is 0 Å². The number of nitrogens with one attached hydrogen (secondary N) is 1. The Balaban J connectivity index is 2.10. The minimum absolute atomic E-state index is 0.0204. The molecule has 1 aromatic carbocycles. The number of aryl methyl sites for hydroxylation is 1. The van der Waals surface area contributed by atoms with E-state index < -0.39 is 25.5 Å². The number of sulfonamides is 2. The van der Waals surface area contributed by atoms with Gasteiger partial charge in [0.2, 0.25) is 20.0 Å². The van der Waals surface area contributed by atoms with E-state index in [0.29, 0.717) is 12.1 Å². The highest BCUT2D eigenvalue weighted by atomic mass is 32.2. The maximum absolute atomic E-state index is 12.6. The number of hydrogen-bond acceptors (Lipinski definition) is 5. The fraction of sp³-hybridized carbons (Fsp3) is 0.438. The minimum Gasteiger partial charge on any atom is -0.274 e. The van der Waals surface area contributed by atoms with Crippen molar-refractivity contribution >= 4 is 20.0 Å². The standard InChI is InChI=1S/C16H24N4O4S2/c1-16(2,3)15-14(11-20(4)19-15)26(23,24)18-10-9-12-5-7-13(8-6-12)25(17,21)22/h5-8,11,18H,9-10H2,1-4H3,(H2,17,21,22). The van der Waals surface area contributed by atoms with Crippen molar-refractivity contribution < 1.29 is 16.8 Å². The molecule has 3 N–H and O–H groups in total. The van der Waals surface area contributed by atoms with Crippen LogP contribution in [-0.2, 0) is 38.9 Å². The molecule has 0 aliphatic heterocycles. The second kappa shape index (κ2) is 7.10. The normalized spacial score (nSPS) is 13.1. The van der Waals surface area contributed by atoms with Gasteiger partial charge in [0.25, 0.3) is 0 Å². The Kier molecular flexibility index (Phi) is 5.62. The van der Waals surface area contributed by atoms with Crippen LogP contribution >= 0.6 is 0 Å². The number of benzene rings is 1. The Morgan fingerprint density at radius 1 is 1.12 bits per heavy atom. The maximum atomic E-state index is 12.6. The second-order valence-corrected chi connectivity index (χ2v) is 10.4. The van der Waals surface area contributed by atoms with Crippen LogP contribution in [0.5, 0.6) is 0 Å². The molecular weight excluding hydrogens is 376 g/mol. The lowest BCUT2D eigenvalue weighted by Gasteiger charge is -2.17. The molecule has 2 rings (SSSR count). The van der Waals surface area contributed by atoms with Crippen molar-refractivity contribution in [1.82, 2.24) is 14.5 Å². The average molecular weight is 401 g/mol. The molecule has 1 aromatic heterocycles. The van der Waals surface area contributed by atoms with Crippen molar-refractivity contribution in [3.8, 4) is 0 Å². The predicted molar refractivity (Wildman–Crippen MR) is 98.6 cm³/mol. The molecule has 144 valence electrons. The lowest BCUT2D eigenvalue weighted by atomic mass is 9.92. The summed E-state index contributed by atoms with van der Waals surface area (Å²) in [7, 11) is -5.76. The molecule has 0 radical (unpaired) electrons. The van der Waals surface area contributed by atoms with Gasteiger partial charge >= 0.3 is 0 Å². The van der Waals surface area contributed by atoms with Crippen LogP contribution in [0.3, 0.4) is 0 Å². The molecule has 1 heterocycles. The zero-order valence-corrected chi connectivity index (χ0v) is 16.9. The molecule has 8 nitrogen and oxygen atoms in total. The molecular formula is C16H24N4O4S2.